The Morgan fingerprint density at radius 2 is 2.00 bits per heavy atom. The van der Waals surface area contributed by atoms with Gasteiger partial charge in [0, 0.05) is 12.0 Å². The summed E-state index contributed by atoms with van der Waals surface area (Å²) in [6.45, 7) is 12.2. The topological polar surface area (TPSA) is 25.2 Å². The first-order valence-corrected chi connectivity index (χ1v) is 6.16. The second-order valence-corrected chi connectivity index (χ2v) is 5.92. The number of hydrogen-bond donors (Lipinski definition) is 1. The first-order chi connectivity index (χ1) is 7.38. The first kappa shape index (κ1) is 13.3. The largest absolute Gasteiger partial charge is 0.469 e. The van der Waals surface area contributed by atoms with Crippen LogP contribution in [0.3, 0.4) is 0 Å². The number of furan rings is 1. The summed E-state index contributed by atoms with van der Waals surface area (Å²) in [4.78, 5) is 0. The molecule has 1 rings (SSSR count). The van der Waals surface area contributed by atoms with Crippen molar-refractivity contribution in [2.75, 3.05) is 6.54 Å². The van der Waals surface area contributed by atoms with Gasteiger partial charge in [-0.05, 0) is 51.3 Å². The van der Waals surface area contributed by atoms with Crippen molar-refractivity contribution >= 4 is 0 Å². The van der Waals surface area contributed by atoms with Crippen molar-refractivity contribution in [1.29, 1.82) is 0 Å². The summed E-state index contributed by atoms with van der Waals surface area (Å²) < 4.78 is 5.42. The molecular formula is C14H25NO. The van der Waals surface area contributed by atoms with E-state index in [1.807, 2.05) is 6.07 Å². The van der Waals surface area contributed by atoms with Gasteiger partial charge in [-0.25, -0.2) is 0 Å². The van der Waals surface area contributed by atoms with Crippen molar-refractivity contribution in [3.8, 4) is 0 Å². The van der Waals surface area contributed by atoms with Crippen molar-refractivity contribution in [3.05, 3.63) is 24.2 Å². The molecular weight excluding hydrogens is 198 g/mol. The van der Waals surface area contributed by atoms with Crippen LogP contribution in [0.5, 0.6) is 0 Å². The zero-order chi connectivity index (χ0) is 12.2. The van der Waals surface area contributed by atoms with E-state index in [1.54, 1.807) is 6.26 Å². The van der Waals surface area contributed by atoms with Gasteiger partial charge in [-0.15, -0.1) is 0 Å². The van der Waals surface area contributed by atoms with Crippen LogP contribution in [0.1, 0.15) is 40.4 Å². The highest BCUT2D eigenvalue weighted by Gasteiger charge is 2.18. The Morgan fingerprint density at radius 3 is 2.44 bits per heavy atom. The summed E-state index contributed by atoms with van der Waals surface area (Å²) in [5.74, 6) is 2.39. The molecule has 0 saturated heterocycles. The molecule has 16 heavy (non-hydrogen) atoms. The van der Waals surface area contributed by atoms with E-state index in [-0.39, 0.29) is 5.54 Å². The van der Waals surface area contributed by atoms with Gasteiger partial charge in [0.1, 0.15) is 5.76 Å². The van der Waals surface area contributed by atoms with Gasteiger partial charge in [-0.1, -0.05) is 13.8 Å². The molecule has 0 amide bonds. The molecule has 1 heterocycles. The highest BCUT2D eigenvalue weighted by Crippen LogP contribution is 2.18. The Labute approximate surface area is 99.4 Å². The average Bonchev–Trinajstić information content (AvgIpc) is 2.62. The highest BCUT2D eigenvalue weighted by atomic mass is 16.3. The van der Waals surface area contributed by atoms with Crippen LogP contribution >= 0.6 is 0 Å². The number of nitrogens with one attached hydrogen (secondary N) is 1. The molecule has 92 valence electrons. The van der Waals surface area contributed by atoms with Crippen LogP contribution in [0.15, 0.2) is 22.8 Å². The Balaban J connectivity index is 2.48. The molecule has 0 spiro atoms. The minimum Gasteiger partial charge on any atom is -0.469 e. The Kier molecular flexibility index (Phi) is 4.60. The van der Waals surface area contributed by atoms with E-state index >= 15 is 0 Å². The highest BCUT2D eigenvalue weighted by molar-refractivity contribution is 5.00. The Morgan fingerprint density at radius 1 is 1.31 bits per heavy atom. The van der Waals surface area contributed by atoms with E-state index in [0.717, 1.165) is 18.7 Å². The van der Waals surface area contributed by atoms with Crippen molar-refractivity contribution in [1.82, 2.24) is 5.32 Å². The van der Waals surface area contributed by atoms with E-state index in [0.29, 0.717) is 11.8 Å². The van der Waals surface area contributed by atoms with E-state index in [9.17, 15) is 0 Å². The lowest BCUT2D eigenvalue weighted by Gasteiger charge is -2.27. The molecule has 1 atom stereocenters. The summed E-state index contributed by atoms with van der Waals surface area (Å²) in [6.07, 6.45) is 2.78. The van der Waals surface area contributed by atoms with Crippen LogP contribution in [0.2, 0.25) is 0 Å². The van der Waals surface area contributed by atoms with Gasteiger partial charge in [0.15, 0.2) is 0 Å². The molecule has 0 aliphatic rings. The number of rotatable bonds is 5. The summed E-state index contributed by atoms with van der Waals surface area (Å²) in [7, 11) is 0. The molecule has 0 aliphatic heterocycles. The lowest BCUT2D eigenvalue weighted by atomic mass is 9.90. The van der Waals surface area contributed by atoms with Gasteiger partial charge in [0.25, 0.3) is 0 Å². The fourth-order valence-corrected chi connectivity index (χ4v) is 1.67. The fourth-order valence-electron chi connectivity index (χ4n) is 1.67. The molecule has 0 aromatic carbocycles. The van der Waals surface area contributed by atoms with Crippen LogP contribution in [0, 0.1) is 11.8 Å². The second-order valence-electron chi connectivity index (χ2n) is 5.92. The SMILES string of the molecule is CC(C)C(CNC(C)(C)C)Cc1ccco1. The van der Waals surface area contributed by atoms with Crippen LogP contribution in [-0.4, -0.2) is 12.1 Å². The minimum atomic E-state index is 0.191. The minimum absolute atomic E-state index is 0.191. The van der Waals surface area contributed by atoms with Gasteiger partial charge >= 0.3 is 0 Å². The van der Waals surface area contributed by atoms with E-state index < -0.39 is 0 Å². The monoisotopic (exact) mass is 223 g/mol. The van der Waals surface area contributed by atoms with Crippen molar-refractivity contribution in [2.24, 2.45) is 11.8 Å². The second kappa shape index (κ2) is 5.53. The molecule has 0 saturated carbocycles. The number of hydrogen-bond acceptors (Lipinski definition) is 2. The Hall–Kier alpha value is -0.760. The predicted molar refractivity (Wildman–Crippen MR) is 68.5 cm³/mol. The van der Waals surface area contributed by atoms with Gasteiger partial charge in [-0.2, -0.15) is 0 Å². The third-order valence-corrected chi connectivity index (χ3v) is 2.88. The van der Waals surface area contributed by atoms with Crippen molar-refractivity contribution in [3.63, 3.8) is 0 Å². The van der Waals surface area contributed by atoms with E-state index in [4.69, 9.17) is 4.42 Å². The predicted octanol–water partition coefficient (Wildman–Crippen LogP) is 3.48. The first-order valence-electron chi connectivity index (χ1n) is 6.16. The zero-order valence-electron chi connectivity index (χ0n) is 11.2. The summed E-state index contributed by atoms with van der Waals surface area (Å²) in [6, 6.07) is 4.02. The van der Waals surface area contributed by atoms with Crippen LogP contribution in [-0.2, 0) is 6.42 Å². The van der Waals surface area contributed by atoms with Gasteiger partial charge in [0.05, 0.1) is 6.26 Å². The van der Waals surface area contributed by atoms with Crippen LogP contribution in [0.4, 0.5) is 0 Å². The maximum atomic E-state index is 5.42. The normalized spacial score (nSPS) is 14.4. The summed E-state index contributed by atoms with van der Waals surface area (Å²) in [5.41, 5.74) is 0.191. The molecule has 0 fully saturated rings. The Bertz CT molecular complexity index is 282. The van der Waals surface area contributed by atoms with E-state index in [1.165, 1.54) is 0 Å². The van der Waals surface area contributed by atoms with Crippen LogP contribution < -0.4 is 5.32 Å². The van der Waals surface area contributed by atoms with Gasteiger partial charge < -0.3 is 9.73 Å². The molecule has 1 unspecified atom stereocenters. The van der Waals surface area contributed by atoms with Gasteiger partial charge in [-0.3, -0.25) is 0 Å². The van der Waals surface area contributed by atoms with Gasteiger partial charge in [0.2, 0.25) is 0 Å². The third kappa shape index (κ3) is 4.84. The van der Waals surface area contributed by atoms with E-state index in [2.05, 4.69) is 46.0 Å². The van der Waals surface area contributed by atoms with Crippen molar-refractivity contribution in [2.45, 2.75) is 46.6 Å². The average molecular weight is 223 g/mol. The molecule has 2 heteroatoms. The molecule has 0 radical (unpaired) electrons. The standard InChI is InChI=1S/C14H25NO/c1-11(2)12(10-15-14(3,4)5)9-13-7-6-8-16-13/h6-8,11-12,15H,9-10H2,1-5H3. The molecule has 2 nitrogen and oxygen atoms in total. The van der Waals surface area contributed by atoms with Crippen LogP contribution in [0.25, 0.3) is 0 Å². The quantitative estimate of drug-likeness (QED) is 0.826. The lowest BCUT2D eigenvalue weighted by Crippen LogP contribution is -2.40. The smallest absolute Gasteiger partial charge is 0.104 e. The molecule has 0 aliphatic carbocycles. The maximum Gasteiger partial charge on any atom is 0.104 e. The summed E-state index contributed by atoms with van der Waals surface area (Å²) in [5, 5.41) is 3.57. The fraction of sp³-hybridized carbons (Fsp3) is 0.714. The molecule has 1 aromatic heterocycles. The summed E-state index contributed by atoms with van der Waals surface area (Å²) >= 11 is 0. The third-order valence-electron chi connectivity index (χ3n) is 2.88. The van der Waals surface area contributed by atoms with Crippen molar-refractivity contribution < 1.29 is 4.42 Å². The molecule has 1 aromatic rings. The lowest BCUT2D eigenvalue weighted by molar-refractivity contribution is 0.298. The molecule has 0 bridgehead atoms. The maximum absolute atomic E-state index is 5.42. The zero-order valence-corrected chi connectivity index (χ0v) is 11.2. The molecule has 1 N–H and O–H groups in total.